The van der Waals surface area contributed by atoms with Gasteiger partial charge in [0.15, 0.2) is 0 Å². The number of rotatable bonds is 4. The maximum atomic E-state index is 12.1. The molecule has 0 aromatic carbocycles. The predicted octanol–water partition coefficient (Wildman–Crippen LogP) is 0.465. The van der Waals surface area contributed by atoms with E-state index in [9.17, 15) is 9.59 Å². The molecule has 0 spiro atoms. The molecule has 1 fully saturated rings. The van der Waals surface area contributed by atoms with Crippen LogP contribution in [0.5, 0.6) is 0 Å². The van der Waals surface area contributed by atoms with E-state index in [1.165, 1.54) is 7.11 Å². The number of nitrogens with zero attached hydrogens (tertiary/aromatic N) is 2. The fourth-order valence-electron chi connectivity index (χ4n) is 2.24. The van der Waals surface area contributed by atoms with Crippen molar-refractivity contribution in [2.24, 2.45) is 0 Å². The summed E-state index contributed by atoms with van der Waals surface area (Å²) in [6.45, 7) is 0.547. The summed E-state index contributed by atoms with van der Waals surface area (Å²) >= 11 is 0. The molecule has 1 aliphatic rings. The van der Waals surface area contributed by atoms with E-state index in [0.29, 0.717) is 13.0 Å². The van der Waals surface area contributed by atoms with Crippen LogP contribution in [0.25, 0.3) is 0 Å². The van der Waals surface area contributed by atoms with E-state index in [0.717, 1.165) is 10.5 Å². The van der Waals surface area contributed by atoms with Gasteiger partial charge in [-0.1, -0.05) is 6.07 Å². The Morgan fingerprint density at radius 1 is 1.60 bits per heavy atom. The van der Waals surface area contributed by atoms with E-state index in [1.807, 2.05) is 6.07 Å². The third-order valence-electron chi connectivity index (χ3n) is 3.33. The average molecular weight is 279 g/mol. The van der Waals surface area contributed by atoms with Gasteiger partial charge in [0.25, 0.3) is 0 Å². The third kappa shape index (κ3) is 3.24. The van der Waals surface area contributed by atoms with Crippen LogP contribution < -0.4 is 5.32 Å². The Balaban J connectivity index is 1.95. The number of likely N-dealkylation sites (tertiary alicyclic amines) is 1. The fraction of sp³-hybridized carbons (Fsp3) is 0.462. The zero-order chi connectivity index (χ0) is 14.5. The van der Waals surface area contributed by atoms with Crippen LogP contribution in [0, 0.1) is 0 Å². The van der Waals surface area contributed by atoms with Gasteiger partial charge in [-0.05, 0) is 11.6 Å². The molecule has 0 unspecified atom stereocenters. The Hall–Kier alpha value is -2.15. The Bertz CT molecular complexity index is 480. The number of methoxy groups -OCH3 is 1. The molecular weight excluding hydrogens is 262 g/mol. The summed E-state index contributed by atoms with van der Waals surface area (Å²) in [5.74, 6) is -0.309. The van der Waals surface area contributed by atoms with Crippen molar-refractivity contribution in [3.8, 4) is 0 Å². The van der Waals surface area contributed by atoms with Crippen LogP contribution in [0.1, 0.15) is 12.0 Å². The highest BCUT2D eigenvalue weighted by atomic mass is 16.5. The van der Waals surface area contributed by atoms with E-state index in [1.54, 1.807) is 18.5 Å². The molecule has 20 heavy (non-hydrogen) atoms. The first kappa shape index (κ1) is 14.3. The number of aromatic nitrogens is 1. The molecule has 7 heteroatoms. The topological polar surface area (TPSA) is 91.8 Å². The molecule has 1 aromatic heterocycles. The highest BCUT2D eigenvalue weighted by molar-refractivity contribution is 5.85. The number of carbonyl (C=O) groups is 2. The number of carboxylic acid groups (broad SMARTS) is 1. The van der Waals surface area contributed by atoms with Gasteiger partial charge in [0.2, 0.25) is 5.91 Å². The Labute approximate surface area is 116 Å². The molecule has 2 rings (SSSR count). The number of amides is 2. The minimum absolute atomic E-state index is 0.219. The van der Waals surface area contributed by atoms with Gasteiger partial charge in [-0.2, -0.15) is 0 Å². The van der Waals surface area contributed by atoms with Crippen LogP contribution in [-0.4, -0.2) is 52.8 Å². The smallest absolute Gasteiger partial charge is 0.408 e. The normalized spacial score (nSPS) is 21.8. The van der Waals surface area contributed by atoms with Gasteiger partial charge in [0, 0.05) is 32.5 Å². The molecule has 0 saturated carbocycles. The Kier molecular flexibility index (Phi) is 4.52. The van der Waals surface area contributed by atoms with Crippen LogP contribution in [0.3, 0.4) is 0 Å². The standard InChI is InChI=1S/C13H17N3O4/c1-20-10-5-11(16(8-10)13(18)19)12(17)15-7-9-3-2-4-14-6-9/h2-4,6,10-11H,5,7-8H2,1H3,(H,15,17)(H,18,19)/t10-,11+/m1/s1. The minimum Gasteiger partial charge on any atom is -0.465 e. The lowest BCUT2D eigenvalue weighted by Gasteiger charge is -2.20. The van der Waals surface area contributed by atoms with Gasteiger partial charge >= 0.3 is 6.09 Å². The van der Waals surface area contributed by atoms with E-state index in [4.69, 9.17) is 9.84 Å². The molecule has 7 nitrogen and oxygen atoms in total. The third-order valence-corrected chi connectivity index (χ3v) is 3.33. The van der Waals surface area contributed by atoms with Gasteiger partial charge in [-0.25, -0.2) is 4.79 Å². The predicted molar refractivity (Wildman–Crippen MR) is 70.0 cm³/mol. The Morgan fingerprint density at radius 3 is 3.00 bits per heavy atom. The zero-order valence-electron chi connectivity index (χ0n) is 11.2. The highest BCUT2D eigenvalue weighted by Crippen LogP contribution is 2.20. The lowest BCUT2D eigenvalue weighted by molar-refractivity contribution is -0.125. The minimum atomic E-state index is -1.11. The van der Waals surface area contributed by atoms with Crippen LogP contribution in [0.2, 0.25) is 0 Å². The van der Waals surface area contributed by atoms with E-state index in [2.05, 4.69) is 10.3 Å². The summed E-state index contributed by atoms with van der Waals surface area (Å²) in [5, 5.41) is 11.8. The second kappa shape index (κ2) is 6.33. The molecule has 2 N–H and O–H groups in total. The molecule has 0 radical (unpaired) electrons. The number of carbonyl (C=O) groups excluding carboxylic acids is 1. The van der Waals surface area contributed by atoms with Crippen molar-refractivity contribution in [3.63, 3.8) is 0 Å². The van der Waals surface area contributed by atoms with Gasteiger partial charge in [-0.15, -0.1) is 0 Å². The summed E-state index contributed by atoms with van der Waals surface area (Å²) in [6.07, 6.45) is 2.34. The number of hydrogen-bond donors (Lipinski definition) is 2. The first-order chi connectivity index (χ1) is 9.61. The molecule has 2 heterocycles. The molecule has 1 saturated heterocycles. The molecule has 0 aliphatic carbocycles. The molecule has 2 amide bonds. The van der Waals surface area contributed by atoms with E-state index < -0.39 is 12.1 Å². The quantitative estimate of drug-likeness (QED) is 0.835. The van der Waals surface area contributed by atoms with Gasteiger partial charge in [0.05, 0.1) is 12.6 Å². The summed E-state index contributed by atoms with van der Waals surface area (Å²) in [6, 6.07) is 2.92. The van der Waals surface area contributed by atoms with E-state index >= 15 is 0 Å². The van der Waals surface area contributed by atoms with Crippen molar-refractivity contribution in [1.82, 2.24) is 15.2 Å². The first-order valence-corrected chi connectivity index (χ1v) is 6.30. The van der Waals surface area contributed by atoms with Crippen LogP contribution in [-0.2, 0) is 16.1 Å². The van der Waals surface area contributed by atoms with Crippen molar-refractivity contribution in [3.05, 3.63) is 30.1 Å². The summed E-state index contributed by atoms with van der Waals surface area (Å²) in [7, 11) is 1.51. The molecule has 108 valence electrons. The SMILES string of the molecule is CO[C@@H]1C[C@@H](C(=O)NCc2cccnc2)N(C(=O)O)C1. The van der Waals surface area contributed by atoms with Crippen molar-refractivity contribution >= 4 is 12.0 Å². The number of nitrogens with one attached hydrogen (secondary N) is 1. The second-order valence-corrected chi connectivity index (χ2v) is 4.62. The monoisotopic (exact) mass is 279 g/mol. The van der Waals surface area contributed by atoms with Crippen molar-refractivity contribution < 1.29 is 19.4 Å². The lowest BCUT2D eigenvalue weighted by Crippen LogP contribution is -2.45. The lowest BCUT2D eigenvalue weighted by atomic mass is 10.2. The average Bonchev–Trinajstić information content (AvgIpc) is 2.90. The zero-order valence-corrected chi connectivity index (χ0v) is 11.2. The summed E-state index contributed by atoms with van der Waals surface area (Å²) in [5.41, 5.74) is 0.865. The number of ether oxygens (including phenoxy) is 1. The molecular formula is C13H17N3O4. The molecule has 0 bridgehead atoms. The molecule has 1 aliphatic heterocycles. The largest absolute Gasteiger partial charge is 0.465 e. The fourth-order valence-corrected chi connectivity index (χ4v) is 2.24. The molecule has 2 atom stereocenters. The van der Waals surface area contributed by atoms with Crippen molar-refractivity contribution in [2.75, 3.05) is 13.7 Å². The van der Waals surface area contributed by atoms with Crippen LogP contribution >= 0.6 is 0 Å². The molecule has 1 aromatic rings. The van der Waals surface area contributed by atoms with Crippen LogP contribution in [0.15, 0.2) is 24.5 Å². The first-order valence-electron chi connectivity index (χ1n) is 6.30. The number of hydrogen-bond acceptors (Lipinski definition) is 4. The van der Waals surface area contributed by atoms with Crippen LogP contribution in [0.4, 0.5) is 4.79 Å². The van der Waals surface area contributed by atoms with Crippen molar-refractivity contribution in [2.45, 2.75) is 25.1 Å². The highest BCUT2D eigenvalue weighted by Gasteiger charge is 2.39. The second-order valence-electron chi connectivity index (χ2n) is 4.62. The summed E-state index contributed by atoms with van der Waals surface area (Å²) < 4.78 is 5.14. The van der Waals surface area contributed by atoms with Gasteiger partial charge < -0.3 is 15.2 Å². The maximum absolute atomic E-state index is 12.1. The summed E-state index contributed by atoms with van der Waals surface area (Å²) in [4.78, 5) is 28.3. The number of pyridine rings is 1. The van der Waals surface area contributed by atoms with Gasteiger partial charge in [-0.3, -0.25) is 14.7 Å². The Morgan fingerprint density at radius 2 is 2.40 bits per heavy atom. The van der Waals surface area contributed by atoms with Gasteiger partial charge in [0.1, 0.15) is 6.04 Å². The maximum Gasteiger partial charge on any atom is 0.408 e. The van der Waals surface area contributed by atoms with E-state index in [-0.39, 0.29) is 18.6 Å². The van der Waals surface area contributed by atoms with Crippen molar-refractivity contribution in [1.29, 1.82) is 0 Å².